The number of aryl methyl sites for hydroxylation is 1. The summed E-state index contributed by atoms with van der Waals surface area (Å²) in [5, 5.41) is 12.0. The lowest BCUT2D eigenvalue weighted by Gasteiger charge is -2.30. The second kappa shape index (κ2) is 8.17. The fourth-order valence-electron chi connectivity index (χ4n) is 3.96. The van der Waals surface area contributed by atoms with E-state index in [1.54, 1.807) is 0 Å². The van der Waals surface area contributed by atoms with Crippen molar-refractivity contribution < 1.29 is 14.6 Å². The van der Waals surface area contributed by atoms with Crippen LogP contribution in [0.2, 0.25) is 0 Å². The van der Waals surface area contributed by atoms with Crippen LogP contribution in [0, 0.1) is 0 Å². The summed E-state index contributed by atoms with van der Waals surface area (Å²) in [6.07, 6.45) is 0.703. The highest BCUT2D eigenvalue weighted by Crippen LogP contribution is 2.35. The van der Waals surface area contributed by atoms with Gasteiger partial charge in [0.1, 0.15) is 30.3 Å². The number of aliphatic hydroxyl groups excluding tert-OH is 1. The van der Waals surface area contributed by atoms with Crippen molar-refractivity contribution in [2.24, 2.45) is 0 Å². The number of aromatic nitrogens is 1. The van der Waals surface area contributed by atoms with Crippen LogP contribution in [0.4, 0.5) is 0 Å². The van der Waals surface area contributed by atoms with Gasteiger partial charge in [0.25, 0.3) is 0 Å². The lowest BCUT2D eigenvalue weighted by molar-refractivity contribution is 0.0229. The van der Waals surface area contributed by atoms with Crippen LogP contribution in [0.1, 0.15) is 29.3 Å². The molecule has 0 radical (unpaired) electrons. The number of ether oxygens (including phenoxy) is 2. The van der Waals surface area contributed by atoms with Crippen molar-refractivity contribution in [3.63, 3.8) is 0 Å². The molecule has 1 aliphatic rings. The molecule has 1 N–H and O–H groups in total. The van der Waals surface area contributed by atoms with E-state index in [-0.39, 0.29) is 6.10 Å². The summed E-state index contributed by atoms with van der Waals surface area (Å²) in [4.78, 5) is 4.66. The van der Waals surface area contributed by atoms with E-state index in [1.807, 2.05) is 78.9 Å². The van der Waals surface area contributed by atoms with Crippen molar-refractivity contribution in [3.8, 4) is 11.5 Å². The maximum atomic E-state index is 10.9. The third-order valence-electron chi connectivity index (χ3n) is 5.56. The van der Waals surface area contributed by atoms with Crippen LogP contribution in [0.3, 0.4) is 0 Å². The van der Waals surface area contributed by atoms with Gasteiger partial charge < -0.3 is 14.6 Å². The minimum atomic E-state index is -0.684. The van der Waals surface area contributed by atoms with Crippen molar-refractivity contribution in [1.29, 1.82) is 0 Å². The molecule has 0 spiro atoms. The monoisotopic (exact) mass is 397 g/mol. The quantitative estimate of drug-likeness (QED) is 0.500. The highest BCUT2D eigenvalue weighted by Gasteiger charge is 2.30. The molecule has 30 heavy (non-hydrogen) atoms. The van der Waals surface area contributed by atoms with E-state index in [9.17, 15) is 5.11 Å². The number of benzene rings is 3. The summed E-state index contributed by atoms with van der Waals surface area (Å²) < 4.78 is 12.0. The van der Waals surface area contributed by atoms with Crippen molar-refractivity contribution in [2.45, 2.75) is 31.7 Å². The number of hydrogen-bond acceptors (Lipinski definition) is 4. The molecular formula is C26H23NO3. The molecule has 1 aromatic heterocycles. The number of aliphatic hydroxyl groups is 1. The van der Waals surface area contributed by atoms with Gasteiger partial charge in [0.15, 0.2) is 0 Å². The maximum absolute atomic E-state index is 10.9. The molecule has 0 bridgehead atoms. The summed E-state index contributed by atoms with van der Waals surface area (Å²) in [6.45, 7) is 0.379. The van der Waals surface area contributed by atoms with Gasteiger partial charge in [-0.25, -0.2) is 4.98 Å². The lowest BCUT2D eigenvalue weighted by atomic mass is 9.87. The van der Waals surface area contributed by atoms with Crippen molar-refractivity contribution in [3.05, 3.63) is 102 Å². The van der Waals surface area contributed by atoms with Gasteiger partial charge >= 0.3 is 0 Å². The van der Waals surface area contributed by atoms with E-state index in [2.05, 4.69) is 11.1 Å². The first kappa shape index (κ1) is 18.6. The molecule has 4 heteroatoms. The summed E-state index contributed by atoms with van der Waals surface area (Å²) in [6, 6.07) is 27.7. The van der Waals surface area contributed by atoms with Crippen LogP contribution in [0.5, 0.6) is 11.5 Å². The SMILES string of the molecule is OC1c2cc(OCc3ccc4ccccc4n3)ccc2CCC1Oc1ccccc1. The molecule has 0 aliphatic heterocycles. The maximum Gasteiger partial charge on any atom is 0.130 e. The number of pyridine rings is 1. The van der Waals surface area contributed by atoms with Crippen LogP contribution in [0.25, 0.3) is 10.9 Å². The number of para-hydroxylation sites is 2. The molecule has 1 heterocycles. The smallest absolute Gasteiger partial charge is 0.130 e. The third kappa shape index (κ3) is 3.87. The Hall–Kier alpha value is -3.37. The zero-order valence-corrected chi connectivity index (χ0v) is 16.6. The van der Waals surface area contributed by atoms with Crippen LogP contribution in [-0.2, 0) is 13.0 Å². The standard InChI is InChI=1S/C26H23NO3/c28-26-23-16-22(29-17-20-13-10-19-6-4-5-9-24(19)27-20)14-11-18(23)12-15-25(26)30-21-7-2-1-3-8-21/h1-11,13-14,16,25-26,28H,12,15,17H2. The Morgan fingerprint density at radius 2 is 1.70 bits per heavy atom. The second-order valence-corrected chi connectivity index (χ2v) is 7.60. The molecule has 4 nitrogen and oxygen atoms in total. The summed E-state index contributed by atoms with van der Waals surface area (Å²) in [5.74, 6) is 1.50. The number of nitrogens with zero attached hydrogens (tertiary/aromatic N) is 1. The van der Waals surface area contributed by atoms with Crippen LogP contribution >= 0.6 is 0 Å². The van der Waals surface area contributed by atoms with Gasteiger partial charge in [-0.3, -0.25) is 0 Å². The lowest BCUT2D eigenvalue weighted by Crippen LogP contribution is -2.30. The molecule has 2 unspecified atom stereocenters. The topological polar surface area (TPSA) is 51.6 Å². The van der Waals surface area contributed by atoms with Gasteiger partial charge in [-0.1, -0.05) is 48.5 Å². The largest absolute Gasteiger partial charge is 0.487 e. The van der Waals surface area contributed by atoms with Gasteiger partial charge in [-0.2, -0.15) is 0 Å². The average molecular weight is 397 g/mol. The Morgan fingerprint density at radius 1 is 0.867 bits per heavy atom. The average Bonchev–Trinajstić information content (AvgIpc) is 2.80. The van der Waals surface area contributed by atoms with E-state index >= 15 is 0 Å². The summed E-state index contributed by atoms with van der Waals surface area (Å²) in [7, 11) is 0. The fourth-order valence-corrected chi connectivity index (χ4v) is 3.96. The molecule has 5 rings (SSSR count). The molecule has 2 atom stereocenters. The van der Waals surface area contributed by atoms with Crippen molar-refractivity contribution in [1.82, 2.24) is 4.98 Å². The van der Waals surface area contributed by atoms with E-state index in [1.165, 1.54) is 0 Å². The van der Waals surface area contributed by atoms with Crippen molar-refractivity contribution in [2.75, 3.05) is 0 Å². The zero-order valence-electron chi connectivity index (χ0n) is 16.6. The second-order valence-electron chi connectivity index (χ2n) is 7.60. The van der Waals surface area contributed by atoms with E-state index < -0.39 is 6.10 Å². The van der Waals surface area contributed by atoms with Crippen LogP contribution in [0.15, 0.2) is 84.9 Å². The van der Waals surface area contributed by atoms with Gasteiger partial charge in [-0.05, 0) is 60.4 Å². The Bertz CT molecular complexity index is 1160. The minimum absolute atomic E-state index is 0.266. The van der Waals surface area contributed by atoms with Gasteiger partial charge in [0, 0.05) is 5.39 Å². The fraction of sp³-hybridized carbons (Fsp3) is 0.192. The molecule has 0 saturated heterocycles. The zero-order chi connectivity index (χ0) is 20.3. The van der Waals surface area contributed by atoms with Crippen LogP contribution in [-0.4, -0.2) is 16.2 Å². The molecule has 150 valence electrons. The number of hydrogen-bond donors (Lipinski definition) is 1. The highest BCUT2D eigenvalue weighted by molar-refractivity contribution is 5.78. The Kier molecular flexibility index (Phi) is 5.08. The molecule has 3 aromatic carbocycles. The van der Waals surface area contributed by atoms with Gasteiger partial charge in [0.2, 0.25) is 0 Å². The van der Waals surface area contributed by atoms with Crippen molar-refractivity contribution >= 4 is 10.9 Å². The predicted molar refractivity (Wildman–Crippen MR) is 117 cm³/mol. The number of rotatable bonds is 5. The van der Waals surface area contributed by atoms with Crippen LogP contribution < -0.4 is 9.47 Å². The Morgan fingerprint density at radius 3 is 2.60 bits per heavy atom. The molecule has 1 aliphatic carbocycles. The normalized spacial score (nSPS) is 18.0. The van der Waals surface area contributed by atoms with E-state index in [4.69, 9.17) is 9.47 Å². The first-order valence-corrected chi connectivity index (χ1v) is 10.3. The molecule has 4 aromatic rings. The van der Waals surface area contributed by atoms with E-state index in [0.29, 0.717) is 6.61 Å². The summed E-state index contributed by atoms with van der Waals surface area (Å²) >= 11 is 0. The first-order chi connectivity index (χ1) is 14.8. The number of fused-ring (bicyclic) bond motifs is 2. The Balaban J connectivity index is 1.30. The summed E-state index contributed by atoms with van der Waals surface area (Å²) in [5.41, 5.74) is 3.86. The van der Waals surface area contributed by atoms with E-state index in [0.717, 1.165) is 52.1 Å². The molecule has 0 saturated carbocycles. The molecule has 0 amide bonds. The molecule has 0 fully saturated rings. The molecular weight excluding hydrogens is 374 g/mol. The Labute approximate surface area is 175 Å². The first-order valence-electron chi connectivity index (χ1n) is 10.3. The predicted octanol–water partition coefficient (Wildman–Crippen LogP) is 5.24. The minimum Gasteiger partial charge on any atom is -0.487 e. The highest BCUT2D eigenvalue weighted by atomic mass is 16.5. The van der Waals surface area contributed by atoms with Gasteiger partial charge in [-0.15, -0.1) is 0 Å². The van der Waals surface area contributed by atoms with Gasteiger partial charge in [0.05, 0.1) is 11.2 Å². The third-order valence-corrected chi connectivity index (χ3v) is 5.56.